The molecule has 0 bridgehead atoms. The number of halogens is 1. The quantitative estimate of drug-likeness (QED) is 0.129. The highest BCUT2D eigenvalue weighted by Gasteiger charge is 2.51. The van der Waals surface area contributed by atoms with Crippen LogP contribution >= 0.6 is 15.9 Å². The molecule has 4 aromatic heterocycles. The normalized spacial score (nSPS) is 14.3. The van der Waals surface area contributed by atoms with E-state index in [2.05, 4.69) is 110 Å². The van der Waals surface area contributed by atoms with E-state index in [0.717, 1.165) is 55.7 Å². The van der Waals surface area contributed by atoms with Crippen molar-refractivity contribution >= 4 is 62.0 Å². The van der Waals surface area contributed by atoms with Crippen molar-refractivity contribution in [3.05, 3.63) is 139 Å². The summed E-state index contributed by atoms with van der Waals surface area (Å²) in [6.07, 6.45) is 7.00. The van der Waals surface area contributed by atoms with Crippen LogP contribution in [0.25, 0.3) is 55.6 Å². The summed E-state index contributed by atoms with van der Waals surface area (Å²) < 4.78 is 12.8. The first-order chi connectivity index (χ1) is 26.0. The van der Waals surface area contributed by atoms with Crippen molar-refractivity contribution in [2.45, 2.75) is 38.9 Å². The van der Waals surface area contributed by atoms with Crippen molar-refractivity contribution in [1.29, 1.82) is 0 Å². The van der Waals surface area contributed by atoms with Crippen LogP contribution in [0.15, 0.2) is 139 Å². The molecular formula is C42H40BBrN8O2. The highest BCUT2D eigenvalue weighted by atomic mass is 79.9. The number of anilines is 2. The second-order valence-electron chi connectivity index (χ2n) is 13.9. The predicted octanol–water partition coefficient (Wildman–Crippen LogP) is 8.83. The number of nitrogens with two attached hydrogens (primary N) is 2. The number of rotatable bonds is 4. The number of H-pyrrole nitrogens is 2. The number of nitrogen functional groups attached to an aromatic ring is 2. The second kappa shape index (κ2) is 15.3. The third kappa shape index (κ3) is 7.91. The van der Waals surface area contributed by atoms with Crippen molar-refractivity contribution in [3.8, 4) is 33.8 Å². The molecule has 1 fully saturated rings. The van der Waals surface area contributed by atoms with Crippen LogP contribution in [0.5, 0.6) is 0 Å². The second-order valence-corrected chi connectivity index (χ2v) is 14.6. The molecule has 12 heteroatoms. The first-order valence-electron chi connectivity index (χ1n) is 17.5. The van der Waals surface area contributed by atoms with Crippen LogP contribution in [0.2, 0.25) is 0 Å². The van der Waals surface area contributed by atoms with E-state index in [1.54, 1.807) is 6.20 Å². The van der Waals surface area contributed by atoms with Gasteiger partial charge in [-0.25, -0.2) is 15.0 Å². The summed E-state index contributed by atoms with van der Waals surface area (Å²) in [6, 6.07) is 36.3. The zero-order valence-corrected chi connectivity index (χ0v) is 32.0. The SMILES string of the molecule is CC1(C)OB(c2ccc3[nH]ccc3c2)OC1(C)C.Nc1cnc(-c2ccc3[nH]ccc3c2)c(-c2ccccc2)n1.Nc1cnc(Br)c(-c2ccccc2)n1. The van der Waals surface area contributed by atoms with Gasteiger partial charge in [0.05, 0.1) is 35.0 Å². The number of benzene rings is 4. The molecule has 0 atom stereocenters. The Balaban J connectivity index is 0.000000128. The minimum atomic E-state index is -0.287. The van der Waals surface area contributed by atoms with Crippen molar-refractivity contribution in [2.75, 3.05) is 11.5 Å². The Morgan fingerprint density at radius 1 is 0.574 bits per heavy atom. The van der Waals surface area contributed by atoms with Crippen LogP contribution in [-0.4, -0.2) is 48.2 Å². The van der Waals surface area contributed by atoms with Gasteiger partial charge in [0.15, 0.2) is 0 Å². The summed E-state index contributed by atoms with van der Waals surface area (Å²) in [5.74, 6) is 0.845. The van der Waals surface area contributed by atoms with Gasteiger partial charge in [-0.1, -0.05) is 78.9 Å². The van der Waals surface area contributed by atoms with Crippen molar-refractivity contribution in [3.63, 3.8) is 0 Å². The summed E-state index contributed by atoms with van der Waals surface area (Å²) in [6.45, 7) is 8.29. The molecule has 9 rings (SSSR count). The maximum absolute atomic E-state index is 6.04. The van der Waals surface area contributed by atoms with E-state index >= 15 is 0 Å². The molecule has 54 heavy (non-hydrogen) atoms. The van der Waals surface area contributed by atoms with Crippen LogP contribution < -0.4 is 16.9 Å². The smallest absolute Gasteiger partial charge is 0.399 e. The van der Waals surface area contributed by atoms with Crippen LogP contribution in [0, 0.1) is 0 Å². The third-order valence-corrected chi connectivity index (χ3v) is 10.1. The predicted molar refractivity (Wildman–Crippen MR) is 223 cm³/mol. The van der Waals surface area contributed by atoms with Gasteiger partial charge < -0.3 is 30.7 Å². The molecule has 5 heterocycles. The van der Waals surface area contributed by atoms with E-state index in [1.807, 2.05) is 85.2 Å². The van der Waals surface area contributed by atoms with E-state index in [0.29, 0.717) is 16.2 Å². The average molecular weight is 780 g/mol. The number of aromatic nitrogens is 6. The Morgan fingerprint density at radius 3 is 1.70 bits per heavy atom. The average Bonchev–Trinajstić information content (AvgIpc) is 3.90. The Morgan fingerprint density at radius 2 is 1.09 bits per heavy atom. The Bertz CT molecular complexity index is 2510. The van der Waals surface area contributed by atoms with Gasteiger partial charge in [-0.3, -0.25) is 4.98 Å². The number of nitrogens with one attached hydrogen (secondary N) is 2. The number of hydrogen-bond donors (Lipinski definition) is 4. The first-order valence-corrected chi connectivity index (χ1v) is 18.3. The van der Waals surface area contributed by atoms with Crippen LogP contribution in [0.1, 0.15) is 27.7 Å². The molecule has 0 saturated carbocycles. The standard InChI is InChI=1S/C18H14N4.C14H18BNO2.C10H8BrN3/c19-16-11-21-17(18(22-16)12-4-2-1-3-5-12)14-6-7-15-13(10-14)8-9-20-15;1-13(2)14(3,4)18-15(17-13)11-5-6-12-10(9-11)7-8-16-12;11-10-9(14-8(12)6-13-10)7-4-2-1-3-5-7/h1-11,20H,(H2,19,22);5-9,16H,1-4H3;1-6H,(H2,12,14). The number of aromatic amines is 2. The summed E-state index contributed by atoms with van der Waals surface area (Å²) in [5.41, 5.74) is 19.6. The van der Waals surface area contributed by atoms with Crippen LogP contribution in [0.3, 0.4) is 0 Å². The molecule has 0 radical (unpaired) electrons. The fourth-order valence-electron chi connectivity index (χ4n) is 5.98. The molecule has 270 valence electrons. The van der Waals surface area contributed by atoms with E-state index in [9.17, 15) is 0 Å². The van der Waals surface area contributed by atoms with E-state index in [4.69, 9.17) is 20.8 Å². The molecule has 10 nitrogen and oxygen atoms in total. The van der Waals surface area contributed by atoms with Gasteiger partial charge in [-0.05, 0) is 84.8 Å². The zero-order valence-electron chi connectivity index (χ0n) is 30.4. The minimum absolute atomic E-state index is 0.283. The maximum atomic E-state index is 6.04. The molecule has 0 spiro atoms. The summed E-state index contributed by atoms with van der Waals surface area (Å²) in [4.78, 5) is 23.7. The summed E-state index contributed by atoms with van der Waals surface area (Å²) in [7, 11) is -0.283. The summed E-state index contributed by atoms with van der Waals surface area (Å²) >= 11 is 3.34. The lowest BCUT2D eigenvalue weighted by atomic mass is 9.79. The molecule has 6 N–H and O–H groups in total. The van der Waals surface area contributed by atoms with Crippen molar-refractivity contribution in [2.24, 2.45) is 0 Å². The molecule has 1 aliphatic rings. The lowest BCUT2D eigenvalue weighted by Crippen LogP contribution is -2.41. The first kappa shape index (κ1) is 36.5. The highest BCUT2D eigenvalue weighted by Crippen LogP contribution is 2.37. The molecule has 0 aliphatic carbocycles. The van der Waals surface area contributed by atoms with Gasteiger partial charge in [0.25, 0.3) is 0 Å². The van der Waals surface area contributed by atoms with Crippen LogP contribution in [-0.2, 0) is 9.31 Å². The maximum Gasteiger partial charge on any atom is 0.494 e. The fourth-order valence-corrected chi connectivity index (χ4v) is 6.40. The third-order valence-electron chi connectivity index (χ3n) is 9.56. The summed E-state index contributed by atoms with van der Waals surface area (Å²) in [5, 5.41) is 2.33. The monoisotopic (exact) mass is 778 g/mol. The minimum Gasteiger partial charge on any atom is -0.399 e. The molecule has 1 aliphatic heterocycles. The molecule has 4 aromatic carbocycles. The molecule has 8 aromatic rings. The van der Waals surface area contributed by atoms with Crippen molar-refractivity contribution < 1.29 is 9.31 Å². The zero-order chi connectivity index (χ0) is 37.9. The lowest BCUT2D eigenvalue weighted by Gasteiger charge is -2.32. The fraction of sp³-hybridized carbons (Fsp3) is 0.143. The van der Waals surface area contributed by atoms with E-state index < -0.39 is 0 Å². The Hall–Kier alpha value is -5.82. The van der Waals surface area contributed by atoms with Gasteiger partial charge in [0.2, 0.25) is 0 Å². The lowest BCUT2D eigenvalue weighted by molar-refractivity contribution is 0.00578. The van der Waals surface area contributed by atoms with Crippen LogP contribution in [0.4, 0.5) is 11.6 Å². The van der Waals surface area contributed by atoms with Gasteiger partial charge >= 0.3 is 7.12 Å². The van der Waals surface area contributed by atoms with E-state index in [-0.39, 0.29) is 18.3 Å². The molecule has 0 unspecified atom stereocenters. The molecular weight excluding hydrogens is 739 g/mol. The van der Waals surface area contributed by atoms with Gasteiger partial charge in [-0.15, -0.1) is 0 Å². The topological polar surface area (TPSA) is 154 Å². The van der Waals surface area contributed by atoms with Gasteiger partial charge in [-0.2, -0.15) is 0 Å². The largest absolute Gasteiger partial charge is 0.494 e. The highest BCUT2D eigenvalue weighted by molar-refractivity contribution is 9.10. The number of nitrogens with zero attached hydrogens (tertiary/aromatic N) is 4. The molecule has 0 amide bonds. The molecule has 1 saturated heterocycles. The van der Waals surface area contributed by atoms with E-state index in [1.165, 1.54) is 11.6 Å². The number of fused-ring (bicyclic) bond motifs is 2. The van der Waals surface area contributed by atoms with Gasteiger partial charge in [0.1, 0.15) is 21.9 Å². The van der Waals surface area contributed by atoms with Gasteiger partial charge in [0, 0.05) is 45.5 Å². The van der Waals surface area contributed by atoms with Crippen molar-refractivity contribution in [1.82, 2.24) is 29.9 Å². The Kier molecular flexibility index (Phi) is 10.3. The number of hydrogen-bond acceptors (Lipinski definition) is 8. The Labute approximate surface area is 322 Å².